The van der Waals surface area contributed by atoms with Crippen LogP contribution >= 0.6 is 0 Å². The number of nitrogens with two attached hydrogens (primary N) is 1. The lowest BCUT2D eigenvalue weighted by molar-refractivity contribution is -0.120. The van der Waals surface area contributed by atoms with E-state index in [4.69, 9.17) is 19.9 Å². The van der Waals surface area contributed by atoms with Gasteiger partial charge in [0.2, 0.25) is 5.75 Å². The van der Waals surface area contributed by atoms with Gasteiger partial charge < -0.3 is 25.3 Å². The summed E-state index contributed by atoms with van der Waals surface area (Å²) in [6, 6.07) is 9.39. The third kappa shape index (κ3) is 4.84. The second-order valence-corrected chi connectivity index (χ2v) is 7.40. The summed E-state index contributed by atoms with van der Waals surface area (Å²) in [5.41, 5.74) is 9.36. The van der Waals surface area contributed by atoms with Gasteiger partial charge >= 0.3 is 0 Å². The Hall–Kier alpha value is -3.22. The lowest BCUT2D eigenvalue weighted by Gasteiger charge is -2.20. The molecular formula is C23H28N2O5. The zero-order valence-electron chi connectivity index (χ0n) is 17.6. The molecule has 2 aromatic carbocycles. The van der Waals surface area contributed by atoms with E-state index < -0.39 is 5.91 Å². The predicted octanol–water partition coefficient (Wildman–Crippen LogP) is 2.94. The maximum atomic E-state index is 12.9. The average Bonchev–Trinajstić information content (AvgIpc) is 2.76. The van der Waals surface area contributed by atoms with E-state index in [1.54, 1.807) is 12.1 Å². The van der Waals surface area contributed by atoms with E-state index in [0.29, 0.717) is 5.56 Å². The van der Waals surface area contributed by atoms with Crippen LogP contribution in [0.3, 0.4) is 0 Å². The summed E-state index contributed by atoms with van der Waals surface area (Å²) in [5.74, 6) is -0.111. The number of amides is 2. The fourth-order valence-corrected chi connectivity index (χ4v) is 3.68. The zero-order valence-corrected chi connectivity index (χ0v) is 17.6. The molecule has 2 amide bonds. The summed E-state index contributed by atoms with van der Waals surface area (Å²) < 4.78 is 16.0. The van der Waals surface area contributed by atoms with Crippen LogP contribution in [0.1, 0.15) is 52.9 Å². The molecule has 30 heavy (non-hydrogen) atoms. The molecule has 7 nitrogen and oxygen atoms in total. The van der Waals surface area contributed by atoms with Gasteiger partial charge in [0.05, 0.1) is 20.3 Å². The van der Waals surface area contributed by atoms with Crippen LogP contribution in [0, 0.1) is 0 Å². The highest BCUT2D eigenvalue weighted by Gasteiger charge is 2.20. The first-order valence-electron chi connectivity index (χ1n) is 10.0. The molecule has 0 heterocycles. The largest absolute Gasteiger partial charge is 0.493 e. The Morgan fingerprint density at radius 1 is 1.03 bits per heavy atom. The molecule has 1 atom stereocenters. The number of carbonyl (C=O) groups excluding carboxylic acids is 2. The molecule has 2 aromatic rings. The summed E-state index contributed by atoms with van der Waals surface area (Å²) in [4.78, 5) is 23.9. The quantitative estimate of drug-likeness (QED) is 0.694. The molecule has 0 spiro atoms. The van der Waals surface area contributed by atoms with E-state index in [1.165, 1.54) is 38.2 Å². The number of benzene rings is 2. The highest BCUT2D eigenvalue weighted by molar-refractivity contribution is 5.96. The van der Waals surface area contributed by atoms with Gasteiger partial charge in [-0.1, -0.05) is 18.2 Å². The van der Waals surface area contributed by atoms with Crippen molar-refractivity contribution in [2.75, 3.05) is 20.8 Å². The highest BCUT2D eigenvalue weighted by atomic mass is 16.5. The van der Waals surface area contributed by atoms with E-state index in [-0.39, 0.29) is 35.8 Å². The first kappa shape index (κ1) is 21.5. The van der Waals surface area contributed by atoms with Gasteiger partial charge in [-0.2, -0.15) is 0 Å². The third-order valence-electron chi connectivity index (χ3n) is 5.30. The number of nitrogens with one attached hydrogen (secondary N) is 1. The number of rotatable bonds is 8. The maximum Gasteiger partial charge on any atom is 0.255 e. The molecule has 160 valence electrons. The van der Waals surface area contributed by atoms with Crippen molar-refractivity contribution in [1.29, 1.82) is 0 Å². The van der Waals surface area contributed by atoms with Crippen LogP contribution in [-0.2, 0) is 17.6 Å². The van der Waals surface area contributed by atoms with E-state index in [1.807, 2.05) is 6.92 Å². The lowest BCUT2D eigenvalue weighted by atomic mass is 9.89. The van der Waals surface area contributed by atoms with Crippen molar-refractivity contribution in [3.05, 3.63) is 52.6 Å². The molecule has 1 unspecified atom stereocenters. The van der Waals surface area contributed by atoms with Crippen molar-refractivity contribution in [2.24, 2.45) is 5.73 Å². The first-order valence-corrected chi connectivity index (χ1v) is 10.0. The maximum absolute atomic E-state index is 12.9. The van der Waals surface area contributed by atoms with Crippen molar-refractivity contribution in [3.63, 3.8) is 0 Å². The summed E-state index contributed by atoms with van der Waals surface area (Å²) in [5, 5.41) is 3.03. The van der Waals surface area contributed by atoms with Crippen LogP contribution in [0.25, 0.3) is 0 Å². The summed E-state index contributed by atoms with van der Waals surface area (Å²) in [6.45, 7) is 1.63. The van der Waals surface area contributed by atoms with Crippen molar-refractivity contribution >= 4 is 11.8 Å². The fourth-order valence-electron chi connectivity index (χ4n) is 3.68. The fraction of sp³-hybridized carbons (Fsp3) is 0.391. The molecule has 3 N–H and O–H groups in total. The van der Waals surface area contributed by atoms with E-state index in [2.05, 4.69) is 23.5 Å². The van der Waals surface area contributed by atoms with Gasteiger partial charge in [-0.15, -0.1) is 0 Å². The number of hydrogen-bond donors (Lipinski definition) is 2. The molecule has 0 radical (unpaired) electrons. The number of primary amides is 1. The van der Waals surface area contributed by atoms with E-state index in [0.717, 1.165) is 18.4 Å². The number of ether oxygens (including phenoxy) is 3. The van der Waals surface area contributed by atoms with Crippen LogP contribution in [0.2, 0.25) is 0 Å². The normalized spacial score (nSPS) is 13.7. The molecule has 0 aliphatic heterocycles. The van der Waals surface area contributed by atoms with Gasteiger partial charge in [-0.25, -0.2) is 0 Å². The third-order valence-corrected chi connectivity index (χ3v) is 5.30. The summed E-state index contributed by atoms with van der Waals surface area (Å²) >= 11 is 0. The van der Waals surface area contributed by atoms with Gasteiger partial charge in [0.15, 0.2) is 18.1 Å². The van der Waals surface area contributed by atoms with Crippen molar-refractivity contribution in [2.45, 2.75) is 38.6 Å². The molecule has 0 saturated carbocycles. The van der Waals surface area contributed by atoms with Crippen molar-refractivity contribution in [3.8, 4) is 17.2 Å². The predicted molar refractivity (Wildman–Crippen MR) is 113 cm³/mol. The minimum Gasteiger partial charge on any atom is -0.493 e. The smallest absolute Gasteiger partial charge is 0.255 e. The van der Waals surface area contributed by atoms with Crippen LogP contribution in [0.4, 0.5) is 0 Å². The molecule has 0 saturated heterocycles. The van der Waals surface area contributed by atoms with Gasteiger partial charge in [-0.05, 0) is 61.4 Å². The molecule has 1 aliphatic rings. The van der Waals surface area contributed by atoms with Crippen LogP contribution in [0.15, 0.2) is 30.3 Å². The highest BCUT2D eigenvalue weighted by Crippen LogP contribution is 2.38. The Kier molecular flexibility index (Phi) is 6.82. The van der Waals surface area contributed by atoms with Gasteiger partial charge in [-0.3, -0.25) is 9.59 Å². The number of methoxy groups -OCH3 is 2. The van der Waals surface area contributed by atoms with Crippen LogP contribution in [-0.4, -0.2) is 32.6 Å². The van der Waals surface area contributed by atoms with Gasteiger partial charge in [0.25, 0.3) is 11.8 Å². The molecule has 3 rings (SSSR count). The van der Waals surface area contributed by atoms with E-state index >= 15 is 0 Å². The second kappa shape index (κ2) is 9.52. The first-order chi connectivity index (χ1) is 14.4. The van der Waals surface area contributed by atoms with Crippen LogP contribution < -0.4 is 25.3 Å². The minimum atomic E-state index is -0.625. The monoisotopic (exact) mass is 412 g/mol. The number of aryl methyl sites for hydroxylation is 2. The Labute approximate surface area is 176 Å². The Bertz CT molecular complexity index is 916. The van der Waals surface area contributed by atoms with Crippen LogP contribution in [0.5, 0.6) is 17.2 Å². The Balaban J connectivity index is 1.79. The van der Waals surface area contributed by atoms with E-state index in [9.17, 15) is 9.59 Å². The zero-order chi connectivity index (χ0) is 21.7. The molecule has 1 aliphatic carbocycles. The van der Waals surface area contributed by atoms with Gasteiger partial charge in [0, 0.05) is 5.56 Å². The number of hydrogen-bond acceptors (Lipinski definition) is 5. The Morgan fingerprint density at radius 2 is 1.67 bits per heavy atom. The van der Waals surface area contributed by atoms with Gasteiger partial charge in [0.1, 0.15) is 0 Å². The second-order valence-electron chi connectivity index (χ2n) is 7.40. The number of carbonyl (C=O) groups is 2. The molecular weight excluding hydrogens is 384 g/mol. The molecule has 7 heteroatoms. The standard InChI is InChI=1S/C23H28N2O5/c1-14(16-9-8-15-6-4-5-7-17(15)10-16)25-23(27)18-11-19(28-2)22(20(12-18)29-3)30-13-21(24)26/h8-12,14H,4-7,13H2,1-3H3,(H2,24,26)(H,25,27). The topological polar surface area (TPSA) is 99.9 Å². The molecule has 0 aromatic heterocycles. The Morgan fingerprint density at radius 3 is 2.27 bits per heavy atom. The summed E-state index contributed by atoms with van der Waals surface area (Å²) in [7, 11) is 2.90. The SMILES string of the molecule is COc1cc(C(=O)NC(C)c2ccc3c(c2)CCCC3)cc(OC)c1OCC(N)=O. The number of fused-ring (bicyclic) bond motifs is 1. The molecule has 0 fully saturated rings. The lowest BCUT2D eigenvalue weighted by Crippen LogP contribution is -2.27. The minimum absolute atomic E-state index is 0.160. The molecule has 0 bridgehead atoms. The average molecular weight is 412 g/mol. The van der Waals surface area contributed by atoms with Crippen molar-refractivity contribution < 1.29 is 23.8 Å². The van der Waals surface area contributed by atoms with Crippen molar-refractivity contribution in [1.82, 2.24) is 5.32 Å². The summed E-state index contributed by atoms with van der Waals surface area (Å²) in [6.07, 6.45) is 4.66.